The van der Waals surface area contributed by atoms with Crippen LogP contribution in [0.25, 0.3) is 0 Å². The van der Waals surface area contributed by atoms with Gasteiger partial charge in [0.25, 0.3) is 0 Å². The smallest absolute Gasteiger partial charge is 1.00 e. The van der Waals surface area contributed by atoms with E-state index in [1.54, 1.807) is 24.8 Å². The van der Waals surface area contributed by atoms with E-state index in [0.717, 1.165) is 6.21 Å². The molecule has 9 heteroatoms. The van der Waals surface area contributed by atoms with Crippen molar-refractivity contribution in [1.29, 1.82) is 0 Å². The number of aliphatic hydroxyl groups is 1. The van der Waals surface area contributed by atoms with Crippen molar-refractivity contribution in [2.24, 2.45) is 4.99 Å². The van der Waals surface area contributed by atoms with Crippen LogP contribution < -0.4 is 61.6 Å². The van der Waals surface area contributed by atoms with E-state index in [1.165, 1.54) is 12.1 Å². The molecule has 19 heavy (non-hydrogen) atoms. The molecule has 0 amide bonds. The quantitative estimate of drug-likeness (QED) is 0.312. The average molecular weight is 556 g/mol. The van der Waals surface area contributed by atoms with E-state index in [0.29, 0.717) is 4.47 Å². The second-order valence-corrected chi connectivity index (χ2v) is 3.89. The third kappa shape index (κ3) is 8.96. The minimum Gasteiger partial charge on any atom is 1.00 e. The predicted molar refractivity (Wildman–Crippen MR) is 62.9 cm³/mol. The van der Waals surface area contributed by atoms with Gasteiger partial charge in [0.1, 0.15) is 6.04 Å². The molecule has 0 aliphatic rings. The van der Waals surface area contributed by atoms with Crippen molar-refractivity contribution < 1.29 is 90.3 Å². The van der Waals surface area contributed by atoms with E-state index >= 15 is 0 Å². The van der Waals surface area contributed by atoms with Gasteiger partial charge in [-0.2, -0.15) is 0 Å². The predicted octanol–water partition coefficient (Wildman–Crippen LogP) is -3.26. The molecular formula is C10H8BrClKNO4Pt. The Hall–Kier alpha value is 1.21. The molecule has 0 aliphatic carbocycles. The van der Waals surface area contributed by atoms with Crippen LogP contribution in [0.15, 0.2) is 27.7 Å². The third-order valence-electron chi connectivity index (χ3n) is 1.81. The number of carbonyl (C=O) groups excluding carboxylic acids is 1. The van der Waals surface area contributed by atoms with Gasteiger partial charge in [0.15, 0.2) is 0 Å². The number of hydrogen-bond acceptors (Lipinski definition) is 5. The van der Waals surface area contributed by atoms with Gasteiger partial charge in [-0.05, 0) is 17.7 Å². The Bertz CT molecular complexity index is 436. The number of aliphatic imine (C=N–C) groups is 1. The molecule has 1 atom stereocenters. The van der Waals surface area contributed by atoms with Crippen LogP contribution in [0.4, 0.5) is 0 Å². The van der Waals surface area contributed by atoms with Gasteiger partial charge in [0.05, 0.1) is 12.6 Å². The fraction of sp³-hybridized carbons (Fsp3) is 0.200. The van der Waals surface area contributed by atoms with Crippen molar-refractivity contribution in [2.75, 3.05) is 6.61 Å². The monoisotopic (exact) mass is 554 g/mol. The summed E-state index contributed by atoms with van der Waals surface area (Å²) in [7, 11) is 4.61. The molecule has 0 saturated carbocycles. The fourth-order valence-electron chi connectivity index (χ4n) is 0.973. The van der Waals surface area contributed by atoms with Gasteiger partial charge in [-0.15, -0.1) is 0 Å². The largest absolute Gasteiger partial charge is 1.00 e. The molecule has 0 aromatic heterocycles. The summed E-state index contributed by atoms with van der Waals surface area (Å²) < 4.78 is 0.683. The number of benzene rings is 1. The van der Waals surface area contributed by atoms with E-state index in [-0.39, 0.29) is 62.7 Å². The number of carboxylic acids is 1. The first-order valence-electron chi connectivity index (χ1n) is 4.48. The van der Waals surface area contributed by atoms with E-state index < -0.39 is 18.6 Å². The van der Waals surface area contributed by atoms with Crippen LogP contribution in [-0.2, 0) is 23.6 Å². The standard InChI is InChI=1S/C10H10BrNO4.ClH.K.Pt/c11-7-1-2-9(14)6(3-7)4-12-8(5-13)10(15)16;;;/h1-4,8,13-14H,5H2,(H,15,16);1H;;/q;;+1;+2/p-3/t8-;;;/m0.../s1. The third-order valence-corrected chi connectivity index (χ3v) is 2.30. The topological polar surface area (TPSA) is 95.8 Å². The zero-order valence-electron chi connectivity index (χ0n) is 9.79. The molecule has 0 saturated heterocycles. The van der Waals surface area contributed by atoms with Crippen LogP contribution >= 0.6 is 25.3 Å². The SMILES string of the molecule is O=C([O-])[C@H](CO)N=Cc1cc(Br)ccc1[O-].[Cl][Pt+].[K+]. The summed E-state index contributed by atoms with van der Waals surface area (Å²) in [5.74, 6) is -1.76. The van der Waals surface area contributed by atoms with Crippen LogP contribution in [0.1, 0.15) is 5.56 Å². The van der Waals surface area contributed by atoms with E-state index in [1.807, 2.05) is 0 Å². The molecule has 5 nitrogen and oxygen atoms in total. The van der Waals surface area contributed by atoms with E-state index in [2.05, 4.69) is 30.3 Å². The summed E-state index contributed by atoms with van der Waals surface area (Å²) in [5, 5.41) is 30.4. The Labute approximate surface area is 176 Å². The van der Waals surface area contributed by atoms with Gasteiger partial charge < -0.3 is 20.1 Å². The molecular weight excluding hydrogens is 548 g/mol. The number of carboxylic acid groups (broad SMARTS) is 1. The average Bonchev–Trinajstić information content (AvgIpc) is 2.36. The number of nitrogens with zero attached hydrogens (tertiary/aromatic N) is 1. The summed E-state index contributed by atoms with van der Waals surface area (Å²) in [6, 6.07) is 3.06. The first kappa shape index (κ1) is 22.5. The molecule has 0 radical (unpaired) electrons. The summed E-state index contributed by atoms with van der Waals surface area (Å²) >= 11 is 4.78. The summed E-state index contributed by atoms with van der Waals surface area (Å²) in [5.41, 5.74) is 0.245. The maximum atomic E-state index is 11.3. The molecule has 0 spiro atoms. The maximum Gasteiger partial charge on any atom is 1.00 e. The van der Waals surface area contributed by atoms with Crippen molar-refractivity contribution in [3.05, 3.63) is 28.2 Å². The Morgan fingerprint density at radius 2 is 2.16 bits per heavy atom. The molecule has 1 aromatic rings. The van der Waals surface area contributed by atoms with Gasteiger partial charge >= 0.3 is 79.6 Å². The molecule has 0 bridgehead atoms. The number of carbonyl (C=O) groups is 1. The Morgan fingerprint density at radius 1 is 1.58 bits per heavy atom. The first-order chi connectivity index (χ1) is 8.54. The number of hydrogen-bond donors (Lipinski definition) is 1. The summed E-state index contributed by atoms with van der Waals surface area (Å²) in [4.78, 5) is 14.0. The Balaban J connectivity index is 0. The van der Waals surface area contributed by atoms with E-state index in [9.17, 15) is 15.0 Å². The van der Waals surface area contributed by atoms with Gasteiger partial charge in [0, 0.05) is 10.7 Å². The molecule has 1 N–H and O–H groups in total. The normalized spacial score (nSPS) is 11.2. The minimum atomic E-state index is -1.49. The molecule has 0 fully saturated rings. The molecule has 102 valence electrons. The first-order valence-corrected chi connectivity index (χ1v) is 8.09. The van der Waals surface area contributed by atoms with Crippen molar-refractivity contribution in [3.8, 4) is 5.75 Å². The zero-order chi connectivity index (χ0) is 14.1. The van der Waals surface area contributed by atoms with Gasteiger partial charge in [-0.1, -0.05) is 27.7 Å². The second kappa shape index (κ2) is 12.9. The van der Waals surface area contributed by atoms with Crippen molar-refractivity contribution in [1.82, 2.24) is 0 Å². The van der Waals surface area contributed by atoms with E-state index in [4.69, 9.17) is 5.11 Å². The molecule has 1 aromatic carbocycles. The minimum absolute atomic E-state index is 0. The van der Waals surface area contributed by atoms with Crippen LogP contribution in [0, 0.1) is 0 Å². The summed E-state index contributed by atoms with van der Waals surface area (Å²) in [6.45, 7) is -0.666. The fourth-order valence-corrected chi connectivity index (χ4v) is 1.35. The second-order valence-electron chi connectivity index (χ2n) is 2.98. The molecule has 1 rings (SSSR count). The van der Waals surface area contributed by atoms with Crippen molar-refractivity contribution in [2.45, 2.75) is 6.04 Å². The van der Waals surface area contributed by atoms with Gasteiger partial charge in [-0.25, -0.2) is 0 Å². The number of halogens is 2. The molecule has 0 unspecified atom stereocenters. The van der Waals surface area contributed by atoms with Crippen molar-refractivity contribution in [3.63, 3.8) is 0 Å². The molecule has 0 heterocycles. The van der Waals surface area contributed by atoms with Gasteiger partial charge in [0.2, 0.25) is 0 Å². The van der Waals surface area contributed by atoms with Crippen LogP contribution in [0.2, 0.25) is 0 Å². The Morgan fingerprint density at radius 3 is 2.63 bits per heavy atom. The van der Waals surface area contributed by atoms with Crippen LogP contribution in [0.3, 0.4) is 0 Å². The zero-order valence-corrected chi connectivity index (χ0v) is 17.5. The van der Waals surface area contributed by atoms with Crippen molar-refractivity contribution >= 4 is 37.5 Å². The van der Waals surface area contributed by atoms with Crippen LogP contribution in [0.5, 0.6) is 5.75 Å². The maximum absolute atomic E-state index is 11.3. The number of aliphatic hydroxyl groups excluding tert-OH is 1. The molecule has 0 aliphatic heterocycles. The summed E-state index contributed by atoms with van der Waals surface area (Å²) in [6.07, 6.45) is 1.11. The van der Waals surface area contributed by atoms with Gasteiger partial charge in [-0.3, -0.25) is 4.99 Å². The number of aliphatic carboxylic acids is 1. The number of rotatable bonds is 4. The Kier molecular flexibility index (Phi) is 15.3. The van der Waals surface area contributed by atoms with Crippen LogP contribution in [-0.4, -0.2) is 29.9 Å².